The van der Waals surface area contributed by atoms with Crippen molar-refractivity contribution in [2.45, 2.75) is 37.5 Å². The number of aromatic amines is 1. The van der Waals surface area contributed by atoms with Gasteiger partial charge in [0.25, 0.3) is 0 Å². The number of nitrogens with one attached hydrogen (secondary N) is 1. The molecule has 1 aromatic carbocycles. The first kappa shape index (κ1) is 14.9. The van der Waals surface area contributed by atoms with Crippen molar-refractivity contribution >= 4 is 5.91 Å². The lowest BCUT2D eigenvalue weighted by atomic mass is 9.87. The minimum Gasteiger partial charge on any atom is -0.493 e. The molecule has 3 aliphatic rings. The SMILES string of the molecule is Cc1nc(C2CCN(C(=O)[C@@H]3C[C@]34CCOc3ccccc34)C2)n[nH]1. The summed E-state index contributed by atoms with van der Waals surface area (Å²) in [5, 5.41) is 7.18. The molecule has 1 spiro atoms. The Labute approximate surface area is 146 Å². The Morgan fingerprint density at radius 1 is 1.40 bits per heavy atom. The minimum absolute atomic E-state index is 0.00515. The monoisotopic (exact) mass is 338 g/mol. The van der Waals surface area contributed by atoms with Gasteiger partial charge in [0.1, 0.15) is 11.6 Å². The third-order valence-corrected chi connectivity index (χ3v) is 6.08. The van der Waals surface area contributed by atoms with Gasteiger partial charge in [-0.25, -0.2) is 4.98 Å². The Morgan fingerprint density at radius 3 is 3.12 bits per heavy atom. The van der Waals surface area contributed by atoms with Crippen molar-refractivity contribution in [3.8, 4) is 5.75 Å². The number of hydrogen-bond donors (Lipinski definition) is 1. The predicted octanol–water partition coefficient (Wildman–Crippen LogP) is 2.17. The Hall–Kier alpha value is -2.37. The molecule has 1 saturated carbocycles. The van der Waals surface area contributed by atoms with Crippen molar-refractivity contribution in [1.82, 2.24) is 20.1 Å². The van der Waals surface area contributed by atoms with Crippen LogP contribution in [0.4, 0.5) is 0 Å². The second kappa shape index (κ2) is 5.31. The molecule has 6 heteroatoms. The molecule has 2 aliphatic heterocycles. The number of benzene rings is 1. The van der Waals surface area contributed by atoms with E-state index in [-0.39, 0.29) is 17.3 Å². The average molecular weight is 338 g/mol. The van der Waals surface area contributed by atoms with Crippen LogP contribution in [0.25, 0.3) is 0 Å². The summed E-state index contributed by atoms with van der Waals surface area (Å²) >= 11 is 0. The second-order valence-corrected chi connectivity index (χ2v) is 7.56. The molecule has 1 N–H and O–H groups in total. The van der Waals surface area contributed by atoms with E-state index >= 15 is 0 Å². The van der Waals surface area contributed by atoms with Crippen LogP contribution in [-0.2, 0) is 10.2 Å². The molecule has 3 atom stereocenters. The Morgan fingerprint density at radius 2 is 2.28 bits per heavy atom. The summed E-state index contributed by atoms with van der Waals surface area (Å²) in [7, 11) is 0. The molecule has 130 valence electrons. The largest absolute Gasteiger partial charge is 0.493 e. The molecule has 2 aromatic rings. The number of carbonyl (C=O) groups is 1. The van der Waals surface area contributed by atoms with E-state index in [1.165, 1.54) is 5.56 Å². The van der Waals surface area contributed by atoms with Gasteiger partial charge in [0.15, 0.2) is 5.82 Å². The molecule has 1 aromatic heterocycles. The fourth-order valence-corrected chi connectivity index (χ4v) is 4.62. The van der Waals surface area contributed by atoms with Crippen LogP contribution in [0, 0.1) is 12.8 Å². The topological polar surface area (TPSA) is 71.1 Å². The van der Waals surface area contributed by atoms with Crippen LogP contribution in [-0.4, -0.2) is 45.7 Å². The normalized spacial score (nSPS) is 30.2. The van der Waals surface area contributed by atoms with E-state index in [1.807, 2.05) is 30.0 Å². The standard InChI is InChI=1S/C19H22N4O2/c1-12-20-17(22-21-12)13-6-8-23(11-13)18(24)15-10-19(15)7-9-25-16-5-3-2-4-14(16)19/h2-5,13,15H,6-11H2,1H3,(H,20,21,22)/t13?,15-,19-/m0/s1. The first-order chi connectivity index (χ1) is 12.2. The fourth-order valence-electron chi connectivity index (χ4n) is 4.62. The molecule has 3 heterocycles. The molecule has 1 amide bonds. The summed E-state index contributed by atoms with van der Waals surface area (Å²) in [5.74, 6) is 3.29. The van der Waals surface area contributed by atoms with Crippen molar-refractivity contribution < 1.29 is 9.53 Å². The highest BCUT2D eigenvalue weighted by molar-refractivity contribution is 5.85. The van der Waals surface area contributed by atoms with Crippen molar-refractivity contribution in [3.05, 3.63) is 41.5 Å². The van der Waals surface area contributed by atoms with Crippen molar-refractivity contribution in [1.29, 1.82) is 0 Å². The zero-order valence-corrected chi connectivity index (χ0v) is 14.4. The highest BCUT2D eigenvalue weighted by Gasteiger charge is 2.62. The number of ether oxygens (including phenoxy) is 1. The van der Waals surface area contributed by atoms with Crippen molar-refractivity contribution in [2.24, 2.45) is 5.92 Å². The molecule has 25 heavy (non-hydrogen) atoms. The molecule has 5 rings (SSSR count). The van der Waals surface area contributed by atoms with Gasteiger partial charge in [0, 0.05) is 35.9 Å². The average Bonchev–Trinajstić information content (AvgIpc) is 2.99. The Kier molecular flexibility index (Phi) is 3.17. The van der Waals surface area contributed by atoms with Crippen LogP contribution in [0.15, 0.2) is 24.3 Å². The molecule has 1 aliphatic carbocycles. The van der Waals surface area contributed by atoms with E-state index in [1.54, 1.807) is 0 Å². The maximum absolute atomic E-state index is 13.1. The van der Waals surface area contributed by atoms with Gasteiger partial charge in [-0.1, -0.05) is 18.2 Å². The first-order valence-corrected chi connectivity index (χ1v) is 9.07. The summed E-state index contributed by atoms with van der Waals surface area (Å²) in [5.41, 5.74) is 1.23. The van der Waals surface area contributed by atoms with Gasteiger partial charge >= 0.3 is 0 Å². The lowest BCUT2D eigenvalue weighted by Crippen LogP contribution is -2.34. The number of nitrogens with zero attached hydrogens (tertiary/aromatic N) is 3. The molecule has 2 fully saturated rings. The van der Waals surface area contributed by atoms with Gasteiger partial charge in [-0.3, -0.25) is 9.89 Å². The van der Waals surface area contributed by atoms with E-state index in [0.29, 0.717) is 12.5 Å². The molecule has 1 saturated heterocycles. The van der Waals surface area contributed by atoms with Crippen LogP contribution < -0.4 is 4.74 Å². The van der Waals surface area contributed by atoms with Gasteiger partial charge < -0.3 is 9.64 Å². The molecule has 0 radical (unpaired) electrons. The third-order valence-electron chi connectivity index (χ3n) is 6.08. The van der Waals surface area contributed by atoms with E-state index in [2.05, 4.69) is 21.2 Å². The van der Waals surface area contributed by atoms with E-state index in [0.717, 1.165) is 49.8 Å². The zero-order chi connectivity index (χ0) is 17.0. The molecular weight excluding hydrogens is 316 g/mol. The Bertz CT molecular complexity index is 832. The van der Waals surface area contributed by atoms with Crippen LogP contribution in [0.5, 0.6) is 5.75 Å². The molecule has 0 bridgehead atoms. The van der Waals surface area contributed by atoms with Crippen LogP contribution >= 0.6 is 0 Å². The highest BCUT2D eigenvalue weighted by atomic mass is 16.5. The second-order valence-electron chi connectivity index (χ2n) is 7.56. The highest BCUT2D eigenvalue weighted by Crippen LogP contribution is 2.61. The first-order valence-electron chi connectivity index (χ1n) is 9.07. The molecular formula is C19H22N4O2. The van der Waals surface area contributed by atoms with E-state index < -0.39 is 0 Å². The summed E-state index contributed by atoms with van der Waals surface area (Å²) in [6.45, 7) is 4.16. The smallest absolute Gasteiger partial charge is 0.226 e. The summed E-state index contributed by atoms with van der Waals surface area (Å²) in [6.07, 6.45) is 2.84. The third kappa shape index (κ3) is 2.27. The summed E-state index contributed by atoms with van der Waals surface area (Å²) < 4.78 is 5.78. The van der Waals surface area contributed by atoms with Crippen molar-refractivity contribution in [3.63, 3.8) is 0 Å². The number of H-pyrrole nitrogens is 1. The number of para-hydroxylation sites is 1. The fraction of sp³-hybridized carbons (Fsp3) is 0.526. The van der Waals surface area contributed by atoms with Crippen molar-refractivity contribution in [2.75, 3.05) is 19.7 Å². The lowest BCUT2D eigenvalue weighted by molar-refractivity contribution is -0.132. The van der Waals surface area contributed by atoms with E-state index in [9.17, 15) is 4.79 Å². The van der Waals surface area contributed by atoms with Crippen LogP contribution in [0.1, 0.15) is 42.4 Å². The summed E-state index contributed by atoms with van der Waals surface area (Å²) in [6, 6.07) is 8.20. The van der Waals surface area contributed by atoms with Gasteiger partial charge in [-0.05, 0) is 32.3 Å². The number of fused-ring (bicyclic) bond motifs is 2. The van der Waals surface area contributed by atoms with Crippen LogP contribution in [0.3, 0.4) is 0 Å². The number of aromatic nitrogens is 3. The molecule has 6 nitrogen and oxygen atoms in total. The number of likely N-dealkylation sites (tertiary alicyclic amines) is 1. The van der Waals surface area contributed by atoms with Gasteiger partial charge in [-0.2, -0.15) is 5.10 Å². The number of aryl methyl sites for hydroxylation is 1. The maximum atomic E-state index is 13.1. The van der Waals surface area contributed by atoms with Crippen LogP contribution in [0.2, 0.25) is 0 Å². The maximum Gasteiger partial charge on any atom is 0.226 e. The summed E-state index contributed by atoms with van der Waals surface area (Å²) in [4.78, 5) is 19.6. The van der Waals surface area contributed by atoms with Gasteiger partial charge in [0.05, 0.1) is 6.61 Å². The predicted molar refractivity (Wildman–Crippen MR) is 91.4 cm³/mol. The molecule has 1 unspecified atom stereocenters. The quantitative estimate of drug-likeness (QED) is 0.911. The number of carbonyl (C=O) groups excluding carboxylic acids is 1. The number of rotatable bonds is 2. The lowest BCUT2D eigenvalue weighted by Gasteiger charge is -2.27. The van der Waals surface area contributed by atoms with Gasteiger partial charge in [0.2, 0.25) is 5.91 Å². The minimum atomic E-state index is 0.00515. The number of amides is 1. The van der Waals surface area contributed by atoms with Gasteiger partial charge in [-0.15, -0.1) is 0 Å². The van der Waals surface area contributed by atoms with E-state index in [4.69, 9.17) is 4.74 Å². The Balaban J connectivity index is 1.32. The zero-order valence-electron chi connectivity index (χ0n) is 14.4. The number of hydrogen-bond acceptors (Lipinski definition) is 4.